The Labute approximate surface area is 125 Å². The molecule has 118 valence electrons. The smallest absolute Gasteiger partial charge is 0.333 e. The molecule has 0 spiro atoms. The maximum Gasteiger partial charge on any atom is 0.333 e. The Hall–Kier alpha value is -0.653. The van der Waals surface area contributed by atoms with Gasteiger partial charge in [-0.05, 0) is 45.6 Å². The van der Waals surface area contributed by atoms with Crippen LogP contribution >= 0.6 is 0 Å². The summed E-state index contributed by atoms with van der Waals surface area (Å²) in [4.78, 5) is 11.3. The minimum Gasteiger partial charge on any atom is -0.462 e. The van der Waals surface area contributed by atoms with Crippen LogP contribution in [0.15, 0.2) is 12.2 Å². The van der Waals surface area contributed by atoms with Crippen molar-refractivity contribution in [2.45, 2.75) is 58.9 Å². The first-order valence-electron chi connectivity index (χ1n) is 7.62. The average molecular weight is 302 g/mol. The molecule has 0 bridgehead atoms. The van der Waals surface area contributed by atoms with E-state index in [1.54, 1.807) is 6.92 Å². The molecule has 0 aliphatic rings. The summed E-state index contributed by atoms with van der Waals surface area (Å²) in [5.41, 5.74) is 0.939. The molecule has 0 aromatic heterocycles. The van der Waals surface area contributed by atoms with Crippen molar-refractivity contribution in [1.82, 2.24) is 0 Å². The van der Waals surface area contributed by atoms with Gasteiger partial charge < -0.3 is 13.6 Å². The van der Waals surface area contributed by atoms with Crippen LogP contribution < -0.4 is 0 Å². The standard InChI is InChI=1S/C15H30O4Si/c1-6-10-14(20(18-7-2)19-8-3)11-9-12-17-15(16)13(4)5/h14,20H,4,6-12H2,1-3,5H3. The third-order valence-electron chi connectivity index (χ3n) is 3.01. The normalized spacial score (nSPS) is 12.4. The zero-order chi connectivity index (χ0) is 15.4. The van der Waals surface area contributed by atoms with Crippen LogP contribution in [0, 0.1) is 0 Å². The lowest BCUT2D eigenvalue weighted by molar-refractivity contribution is -0.139. The van der Waals surface area contributed by atoms with E-state index in [1.807, 2.05) is 13.8 Å². The average Bonchev–Trinajstić information content (AvgIpc) is 2.41. The van der Waals surface area contributed by atoms with Crippen LogP contribution in [0.2, 0.25) is 5.54 Å². The van der Waals surface area contributed by atoms with E-state index in [-0.39, 0.29) is 5.97 Å². The van der Waals surface area contributed by atoms with Crippen LogP contribution in [0.3, 0.4) is 0 Å². The number of esters is 1. The van der Waals surface area contributed by atoms with Crippen LogP contribution in [-0.2, 0) is 18.4 Å². The third kappa shape index (κ3) is 8.50. The van der Waals surface area contributed by atoms with Crippen molar-refractivity contribution in [3.8, 4) is 0 Å². The molecular weight excluding hydrogens is 272 g/mol. The van der Waals surface area contributed by atoms with Gasteiger partial charge in [0.2, 0.25) is 0 Å². The molecule has 0 aliphatic heterocycles. The van der Waals surface area contributed by atoms with Crippen LogP contribution in [0.1, 0.15) is 53.4 Å². The number of carbonyl (C=O) groups is 1. The molecule has 0 aromatic rings. The molecule has 0 radical (unpaired) electrons. The third-order valence-corrected chi connectivity index (χ3v) is 5.77. The fourth-order valence-electron chi connectivity index (χ4n) is 2.07. The second kappa shape index (κ2) is 12.1. The lowest BCUT2D eigenvalue weighted by atomic mass is 10.1. The molecule has 4 nitrogen and oxygen atoms in total. The van der Waals surface area contributed by atoms with Crippen molar-refractivity contribution < 1.29 is 18.4 Å². The van der Waals surface area contributed by atoms with Crippen LogP contribution in [0.25, 0.3) is 0 Å². The zero-order valence-electron chi connectivity index (χ0n) is 13.4. The molecule has 0 aromatic carbocycles. The number of hydrogen-bond acceptors (Lipinski definition) is 4. The van der Waals surface area contributed by atoms with Gasteiger partial charge in [0.25, 0.3) is 0 Å². The van der Waals surface area contributed by atoms with Crippen LogP contribution in [0.4, 0.5) is 0 Å². The highest BCUT2D eigenvalue weighted by Crippen LogP contribution is 2.25. The summed E-state index contributed by atoms with van der Waals surface area (Å²) in [7, 11) is -1.61. The highest BCUT2D eigenvalue weighted by Gasteiger charge is 2.24. The Morgan fingerprint density at radius 1 is 1.15 bits per heavy atom. The summed E-state index contributed by atoms with van der Waals surface area (Å²) >= 11 is 0. The largest absolute Gasteiger partial charge is 0.462 e. The summed E-state index contributed by atoms with van der Waals surface area (Å²) < 4.78 is 16.7. The van der Waals surface area contributed by atoms with E-state index in [1.165, 1.54) is 0 Å². The van der Waals surface area contributed by atoms with E-state index in [0.29, 0.717) is 30.9 Å². The lowest BCUT2D eigenvalue weighted by Crippen LogP contribution is -2.29. The SMILES string of the molecule is C=C(C)C(=O)OCCCC(CCC)[SiH](OCC)OCC. The molecule has 0 saturated carbocycles. The first-order chi connectivity index (χ1) is 9.56. The zero-order valence-corrected chi connectivity index (χ0v) is 14.6. The van der Waals surface area contributed by atoms with Crippen molar-refractivity contribution in [3.63, 3.8) is 0 Å². The Morgan fingerprint density at radius 3 is 2.20 bits per heavy atom. The van der Waals surface area contributed by atoms with Gasteiger partial charge in [-0.2, -0.15) is 0 Å². The number of rotatable bonds is 12. The van der Waals surface area contributed by atoms with Gasteiger partial charge in [-0.25, -0.2) is 4.79 Å². The fraction of sp³-hybridized carbons (Fsp3) is 0.800. The van der Waals surface area contributed by atoms with Gasteiger partial charge in [-0.1, -0.05) is 19.9 Å². The second-order valence-electron chi connectivity index (χ2n) is 4.89. The molecule has 0 aliphatic carbocycles. The summed E-state index contributed by atoms with van der Waals surface area (Å²) in [5, 5.41) is 0. The Kier molecular flexibility index (Phi) is 11.7. The van der Waals surface area contributed by atoms with Crippen molar-refractivity contribution in [2.24, 2.45) is 0 Å². The summed E-state index contributed by atoms with van der Waals surface area (Å²) in [5.74, 6) is -0.305. The van der Waals surface area contributed by atoms with E-state index >= 15 is 0 Å². The predicted molar refractivity (Wildman–Crippen MR) is 84.1 cm³/mol. The highest BCUT2D eigenvalue weighted by molar-refractivity contribution is 6.46. The fourth-order valence-corrected chi connectivity index (χ4v) is 4.48. The van der Waals surface area contributed by atoms with Gasteiger partial charge in [0, 0.05) is 18.8 Å². The second-order valence-corrected chi connectivity index (χ2v) is 7.23. The molecule has 0 fully saturated rings. The molecule has 0 saturated heterocycles. The van der Waals surface area contributed by atoms with Gasteiger partial charge >= 0.3 is 15.3 Å². The van der Waals surface area contributed by atoms with Gasteiger partial charge in [0.15, 0.2) is 0 Å². The summed E-state index contributed by atoms with van der Waals surface area (Å²) in [6, 6.07) is 0. The maximum atomic E-state index is 11.3. The van der Waals surface area contributed by atoms with Crippen LogP contribution in [-0.4, -0.2) is 35.1 Å². The molecule has 0 amide bonds. The number of ether oxygens (including phenoxy) is 1. The minimum absolute atomic E-state index is 0.305. The van der Waals surface area contributed by atoms with Gasteiger partial charge in [0.05, 0.1) is 6.61 Å². The molecule has 1 unspecified atom stereocenters. The quantitative estimate of drug-likeness (QED) is 0.240. The number of hydrogen-bond donors (Lipinski definition) is 0. The Balaban J connectivity index is 4.17. The molecule has 1 atom stereocenters. The van der Waals surface area contributed by atoms with Crippen molar-refractivity contribution in [3.05, 3.63) is 12.2 Å². The predicted octanol–water partition coefficient (Wildman–Crippen LogP) is 3.35. The molecule has 0 N–H and O–H groups in total. The molecule has 5 heteroatoms. The van der Waals surface area contributed by atoms with Crippen molar-refractivity contribution >= 4 is 15.3 Å². The van der Waals surface area contributed by atoms with E-state index in [0.717, 1.165) is 25.7 Å². The monoisotopic (exact) mass is 302 g/mol. The lowest BCUT2D eigenvalue weighted by Gasteiger charge is -2.24. The first-order valence-corrected chi connectivity index (χ1v) is 9.23. The van der Waals surface area contributed by atoms with Gasteiger partial charge in [0.1, 0.15) is 0 Å². The number of carbonyl (C=O) groups excluding carboxylic acids is 1. The Morgan fingerprint density at radius 2 is 1.75 bits per heavy atom. The minimum atomic E-state index is -1.61. The van der Waals surface area contributed by atoms with E-state index in [9.17, 15) is 4.79 Å². The van der Waals surface area contributed by atoms with E-state index < -0.39 is 9.28 Å². The highest BCUT2D eigenvalue weighted by atomic mass is 28.3. The van der Waals surface area contributed by atoms with E-state index in [4.69, 9.17) is 13.6 Å². The molecule has 0 heterocycles. The summed E-state index contributed by atoms with van der Waals surface area (Å²) in [6.07, 6.45) is 4.09. The molecular formula is C15H30O4Si. The summed E-state index contributed by atoms with van der Waals surface area (Å²) in [6.45, 7) is 13.3. The molecule has 20 heavy (non-hydrogen) atoms. The maximum absolute atomic E-state index is 11.3. The topological polar surface area (TPSA) is 44.8 Å². The van der Waals surface area contributed by atoms with E-state index in [2.05, 4.69) is 13.5 Å². The van der Waals surface area contributed by atoms with Crippen molar-refractivity contribution in [2.75, 3.05) is 19.8 Å². The van der Waals surface area contributed by atoms with Crippen LogP contribution in [0.5, 0.6) is 0 Å². The van der Waals surface area contributed by atoms with Crippen molar-refractivity contribution in [1.29, 1.82) is 0 Å². The van der Waals surface area contributed by atoms with Gasteiger partial charge in [-0.15, -0.1) is 0 Å². The first kappa shape index (κ1) is 19.3. The van der Waals surface area contributed by atoms with Gasteiger partial charge in [-0.3, -0.25) is 0 Å². The Bertz CT molecular complexity index is 275. The molecule has 0 rings (SSSR count).